The highest BCUT2D eigenvalue weighted by Gasteiger charge is 2.13. The van der Waals surface area contributed by atoms with Gasteiger partial charge in [-0.3, -0.25) is 4.98 Å². The van der Waals surface area contributed by atoms with Gasteiger partial charge in [-0.15, -0.1) is 10.2 Å². The number of hydrogen-bond acceptors (Lipinski definition) is 8. The lowest BCUT2D eigenvalue weighted by Crippen LogP contribution is -1.83. The van der Waals surface area contributed by atoms with Crippen LogP contribution in [0.2, 0.25) is 10.0 Å². The minimum Gasteiger partial charge on any atom is -0.411 e. The SMILES string of the molecule is Clc1cc(Cl)cc(-c2nnc(SCc3nc(-c4ccncc4)no3)o2)c1. The Morgan fingerprint density at radius 2 is 1.73 bits per heavy atom. The summed E-state index contributed by atoms with van der Waals surface area (Å²) in [5.41, 5.74) is 1.48. The summed E-state index contributed by atoms with van der Waals surface area (Å²) in [4.78, 5) is 8.29. The van der Waals surface area contributed by atoms with E-state index in [0.29, 0.717) is 44.2 Å². The Labute approximate surface area is 161 Å². The van der Waals surface area contributed by atoms with E-state index in [1.807, 2.05) is 12.1 Å². The first kappa shape index (κ1) is 17.0. The Hall–Kier alpha value is -2.42. The van der Waals surface area contributed by atoms with Gasteiger partial charge in [0.25, 0.3) is 5.22 Å². The molecule has 0 aliphatic heterocycles. The number of aromatic nitrogens is 5. The second-order valence-electron chi connectivity index (χ2n) is 5.07. The highest BCUT2D eigenvalue weighted by atomic mass is 35.5. The molecule has 0 aliphatic carbocycles. The predicted molar refractivity (Wildman–Crippen MR) is 96.8 cm³/mol. The van der Waals surface area contributed by atoms with Crippen molar-refractivity contribution < 1.29 is 8.94 Å². The van der Waals surface area contributed by atoms with Crippen molar-refractivity contribution in [1.82, 2.24) is 25.3 Å². The molecule has 0 amide bonds. The average Bonchev–Trinajstić information content (AvgIpc) is 3.29. The second kappa shape index (κ2) is 7.45. The van der Waals surface area contributed by atoms with Crippen molar-refractivity contribution in [2.45, 2.75) is 11.0 Å². The minimum absolute atomic E-state index is 0.333. The molecule has 7 nitrogen and oxygen atoms in total. The highest BCUT2D eigenvalue weighted by Crippen LogP contribution is 2.29. The molecule has 0 radical (unpaired) electrons. The monoisotopic (exact) mass is 405 g/mol. The van der Waals surface area contributed by atoms with Crippen molar-refractivity contribution in [3.8, 4) is 22.8 Å². The number of benzene rings is 1. The van der Waals surface area contributed by atoms with Crippen molar-refractivity contribution in [2.75, 3.05) is 0 Å². The van der Waals surface area contributed by atoms with Gasteiger partial charge in [0.05, 0.1) is 5.75 Å². The Balaban J connectivity index is 1.44. The molecule has 10 heteroatoms. The molecule has 0 N–H and O–H groups in total. The molecule has 0 saturated carbocycles. The zero-order chi connectivity index (χ0) is 17.9. The van der Waals surface area contributed by atoms with E-state index in [4.69, 9.17) is 32.1 Å². The van der Waals surface area contributed by atoms with Gasteiger partial charge in [-0.2, -0.15) is 4.98 Å². The van der Waals surface area contributed by atoms with E-state index in [2.05, 4.69) is 25.3 Å². The van der Waals surface area contributed by atoms with Gasteiger partial charge in [0.2, 0.25) is 17.6 Å². The largest absolute Gasteiger partial charge is 0.411 e. The second-order valence-corrected chi connectivity index (χ2v) is 6.87. The summed E-state index contributed by atoms with van der Waals surface area (Å²) in [7, 11) is 0. The van der Waals surface area contributed by atoms with Gasteiger partial charge in [0.1, 0.15) is 0 Å². The van der Waals surface area contributed by atoms with Crippen LogP contribution in [0.3, 0.4) is 0 Å². The van der Waals surface area contributed by atoms with E-state index in [9.17, 15) is 0 Å². The first-order valence-corrected chi connectivity index (χ1v) is 9.07. The Morgan fingerprint density at radius 1 is 0.962 bits per heavy atom. The Kier molecular flexibility index (Phi) is 4.87. The van der Waals surface area contributed by atoms with Crippen LogP contribution in [0.25, 0.3) is 22.8 Å². The standard InChI is InChI=1S/C16H9Cl2N5O2S/c17-11-5-10(6-12(18)7-11)15-21-22-16(24-15)26-8-13-20-14(23-25-13)9-1-3-19-4-2-9/h1-7H,8H2. The molecule has 3 heterocycles. The minimum atomic E-state index is 0.333. The zero-order valence-electron chi connectivity index (χ0n) is 13.0. The van der Waals surface area contributed by atoms with Crippen molar-refractivity contribution >= 4 is 35.0 Å². The van der Waals surface area contributed by atoms with Crippen molar-refractivity contribution in [1.29, 1.82) is 0 Å². The summed E-state index contributed by atoms with van der Waals surface area (Å²) in [5, 5.41) is 13.3. The molecule has 0 bridgehead atoms. The summed E-state index contributed by atoms with van der Waals surface area (Å²) >= 11 is 13.3. The fourth-order valence-corrected chi connectivity index (χ4v) is 3.24. The van der Waals surface area contributed by atoms with E-state index < -0.39 is 0 Å². The van der Waals surface area contributed by atoms with E-state index >= 15 is 0 Å². The molecule has 0 saturated heterocycles. The summed E-state index contributed by atoms with van der Waals surface area (Å²) in [6, 6.07) is 8.65. The lowest BCUT2D eigenvalue weighted by atomic mass is 10.2. The highest BCUT2D eigenvalue weighted by molar-refractivity contribution is 7.98. The maximum absolute atomic E-state index is 5.99. The van der Waals surface area contributed by atoms with Crippen LogP contribution in [0, 0.1) is 0 Å². The molecule has 0 fully saturated rings. The fourth-order valence-electron chi connectivity index (χ4n) is 2.12. The van der Waals surface area contributed by atoms with Crippen LogP contribution in [-0.4, -0.2) is 25.3 Å². The van der Waals surface area contributed by atoms with Crippen LogP contribution < -0.4 is 0 Å². The van der Waals surface area contributed by atoms with Crippen LogP contribution in [-0.2, 0) is 5.75 Å². The lowest BCUT2D eigenvalue weighted by molar-refractivity contribution is 0.391. The summed E-state index contributed by atoms with van der Waals surface area (Å²) in [6.07, 6.45) is 3.34. The quantitative estimate of drug-likeness (QED) is 0.438. The molecule has 1 aromatic carbocycles. The van der Waals surface area contributed by atoms with E-state index in [1.165, 1.54) is 11.8 Å². The number of nitrogens with zero attached hydrogens (tertiary/aromatic N) is 5. The van der Waals surface area contributed by atoms with E-state index in [-0.39, 0.29) is 0 Å². The number of halogens is 2. The van der Waals surface area contributed by atoms with Gasteiger partial charge in [-0.1, -0.05) is 40.1 Å². The van der Waals surface area contributed by atoms with Gasteiger partial charge in [0.15, 0.2) is 0 Å². The van der Waals surface area contributed by atoms with E-state index in [1.54, 1.807) is 30.6 Å². The molecule has 0 spiro atoms. The lowest BCUT2D eigenvalue weighted by Gasteiger charge is -1.97. The van der Waals surface area contributed by atoms with Crippen LogP contribution >= 0.6 is 35.0 Å². The first-order chi connectivity index (χ1) is 12.7. The Bertz CT molecular complexity index is 1020. The molecule has 130 valence electrons. The summed E-state index contributed by atoms with van der Waals surface area (Å²) in [6.45, 7) is 0. The Morgan fingerprint density at radius 3 is 2.50 bits per heavy atom. The number of rotatable bonds is 5. The van der Waals surface area contributed by atoms with Gasteiger partial charge >= 0.3 is 0 Å². The van der Waals surface area contributed by atoms with Gasteiger partial charge in [-0.25, -0.2) is 0 Å². The molecule has 0 atom stereocenters. The molecular weight excluding hydrogens is 397 g/mol. The normalized spacial score (nSPS) is 11.0. The van der Waals surface area contributed by atoms with Crippen LogP contribution in [0.5, 0.6) is 0 Å². The third kappa shape index (κ3) is 3.87. The number of hydrogen-bond donors (Lipinski definition) is 0. The van der Waals surface area contributed by atoms with Crippen molar-refractivity contribution in [3.63, 3.8) is 0 Å². The summed E-state index contributed by atoms with van der Waals surface area (Å²) < 4.78 is 10.9. The van der Waals surface area contributed by atoms with Crippen LogP contribution in [0.15, 0.2) is 56.9 Å². The topological polar surface area (TPSA) is 90.7 Å². The molecule has 0 aliphatic rings. The number of pyridine rings is 1. The van der Waals surface area contributed by atoms with Crippen molar-refractivity contribution in [3.05, 3.63) is 58.7 Å². The number of thioether (sulfide) groups is 1. The average molecular weight is 406 g/mol. The predicted octanol–water partition coefficient (Wildman–Crippen LogP) is 4.78. The fraction of sp³-hybridized carbons (Fsp3) is 0.0625. The maximum atomic E-state index is 5.99. The zero-order valence-corrected chi connectivity index (χ0v) is 15.3. The summed E-state index contributed by atoms with van der Waals surface area (Å²) in [5.74, 6) is 1.69. The molecule has 3 aromatic heterocycles. The first-order valence-electron chi connectivity index (χ1n) is 7.33. The van der Waals surface area contributed by atoms with Crippen LogP contribution in [0.4, 0.5) is 0 Å². The third-order valence-electron chi connectivity index (χ3n) is 3.24. The molecule has 4 rings (SSSR count). The molecular formula is C16H9Cl2N5O2S. The molecule has 26 heavy (non-hydrogen) atoms. The molecule has 4 aromatic rings. The van der Waals surface area contributed by atoms with Gasteiger partial charge < -0.3 is 8.94 Å². The van der Waals surface area contributed by atoms with E-state index in [0.717, 1.165) is 5.56 Å². The van der Waals surface area contributed by atoms with Gasteiger partial charge in [0, 0.05) is 33.6 Å². The third-order valence-corrected chi connectivity index (χ3v) is 4.48. The molecule has 0 unspecified atom stereocenters. The van der Waals surface area contributed by atoms with Gasteiger partial charge in [-0.05, 0) is 30.3 Å². The maximum Gasteiger partial charge on any atom is 0.277 e. The smallest absolute Gasteiger partial charge is 0.277 e. The van der Waals surface area contributed by atoms with Crippen molar-refractivity contribution in [2.24, 2.45) is 0 Å². The van der Waals surface area contributed by atoms with Crippen LogP contribution in [0.1, 0.15) is 5.89 Å².